The van der Waals surface area contributed by atoms with E-state index in [1.54, 1.807) is 0 Å². The van der Waals surface area contributed by atoms with Crippen LogP contribution in [0.4, 0.5) is 0 Å². The average molecular weight is 282 g/mol. The number of hydrogen-bond donors (Lipinski definition) is 1. The third kappa shape index (κ3) is 4.48. The van der Waals surface area contributed by atoms with E-state index in [0.717, 1.165) is 30.9 Å². The van der Waals surface area contributed by atoms with Crippen molar-refractivity contribution in [3.63, 3.8) is 0 Å². The van der Waals surface area contributed by atoms with Gasteiger partial charge in [-0.2, -0.15) is 0 Å². The van der Waals surface area contributed by atoms with E-state index in [1.807, 2.05) is 12.1 Å². The van der Waals surface area contributed by atoms with Crippen LogP contribution in [0.3, 0.4) is 0 Å². The highest BCUT2D eigenvalue weighted by Gasteiger charge is 2.22. The quantitative estimate of drug-likeness (QED) is 0.867. The summed E-state index contributed by atoms with van der Waals surface area (Å²) in [7, 11) is 0. The van der Waals surface area contributed by atoms with Crippen LogP contribution >= 0.6 is 11.6 Å². The molecule has 0 bridgehead atoms. The predicted molar refractivity (Wildman–Crippen MR) is 80.7 cm³/mol. The SMILES string of the molecule is CCCC(NC1CCOC(C)C1)c1ccc(Cl)cc1. The summed E-state index contributed by atoms with van der Waals surface area (Å²) in [5, 5.41) is 4.60. The molecule has 2 nitrogen and oxygen atoms in total. The molecule has 1 N–H and O–H groups in total. The molecule has 3 heteroatoms. The second-order valence-electron chi connectivity index (χ2n) is 5.46. The summed E-state index contributed by atoms with van der Waals surface area (Å²) < 4.78 is 5.61. The molecule has 0 aromatic heterocycles. The summed E-state index contributed by atoms with van der Waals surface area (Å²) in [4.78, 5) is 0. The lowest BCUT2D eigenvalue weighted by Crippen LogP contribution is -2.40. The normalized spacial score (nSPS) is 25.2. The maximum Gasteiger partial charge on any atom is 0.0561 e. The predicted octanol–water partition coefficient (Wildman–Crippen LogP) is 4.34. The fraction of sp³-hybridized carbons (Fsp3) is 0.625. The standard InChI is InChI=1S/C16H24ClNO/c1-3-4-16(13-5-7-14(17)8-6-13)18-15-9-10-19-12(2)11-15/h5-8,12,15-16,18H,3-4,9-11H2,1-2H3. The summed E-state index contributed by atoms with van der Waals surface area (Å²) in [5.41, 5.74) is 1.34. The number of hydrogen-bond acceptors (Lipinski definition) is 2. The van der Waals surface area contributed by atoms with Gasteiger partial charge in [-0.05, 0) is 43.9 Å². The highest BCUT2D eigenvalue weighted by atomic mass is 35.5. The van der Waals surface area contributed by atoms with Gasteiger partial charge in [0.25, 0.3) is 0 Å². The van der Waals surface area contributed by atoms with E-state index in [0.29, 0.717) is 18.2 Å². The van der Waals surface area contributed by atoms with Crippen LogP contribution in [0.25, 0.3) is 0 Å². The molecule has 1 fully saturated rings. The first-order valence-corrected chi connectivity index (χ1v) is 7.70. The second kappa shape index (κ2) is 7.28. The molecule has 1 saturated heterocycles. The Morgan fingerprint density at radius 1 is 1.37 bits per heavy atom. The van der Waals surface area contributed by atoms with E-state index in [2.05, 4.69) is 31.3 Å². The van der Waals surface area contributed by atoms with Gasteiger partial charge in [0.05, 0.1) is 6.10 Å². The second-order valence-corrected chi connectivity index (χ2v) is 5.90. The van der Waals surface area contributed by atoms with E-state index in [4.69, 9.17) is 16.3 Å². The van der Waals surface area contributed by atoms with Crippen LogP contribution in [0.15, 0.2) is 24.3 Å². The lowest BCUT2D eigenvalue weighted by molar-refractivity contribution is 0.0110. The first-order chi connectivity index (χ1) is 9.19. The van der Waals surface area contributed by atoms with Crippen molar-refractivity contribution in [2.75, 3.05) is 6.61 Å². The molecule has 0 spiro atoms. The van der Waals surface area contributed by atoms with Gasteiger partial charge in [0.2, 0.25) is 0 Å². The number of benzene rings is 1. The van der Waals surface area contributed by atoms with Gasteiger partial charge in [-0.25, -0.2) is 0 Å². The summed E-state index contributed by atoms with van der Waals surface area (Å²) >= 11 is 5.97. The van der Waals surface area contributed by atoms with E-state index in [9.17, 15) is 0 Å². The van der Waals surface area contributed by atoms with Gasteiger partial charge in [-0.15, -0.1) is 0 Å². The molecule has 0 aliphatic carbocycles. The third-order valence-electron chi connectivity index (χ3n) is 3.77. The fourth-order valence-corrected chi connectivity index (χ4v) is 2.89. The lowest BCUT2D eigenvalue weighted by Gasteiger charge is -2.32. The van der Waals surface area contributed by atoms with E-state index in [1.165, 1.54) is 12.0 Å². The van der Waals surface area contributed by atoms with E-state index < -0.39 is 0 Å². The van der Waals surface area contributed by atoms with Crippen LogP contribution < -0.4 is 5.32 Å². The average Bonchev–Trinajstić information content (AvgIpc) is 2.39. The molecule has 0 amide bonds. The van der Waals surface area contributed by atoms with Crippen LogP contribution in [0.2, 0.25) is 5.02 Å². The Balaban J connectivity index is 2.01. The molecule has 106 valence electrons. The minimum absolute atomic E-state index is 0.374. The fourth-order valence-electron chi connectivity index (χ4n) is 2.76. The Morgan fingerprint density at radius 3 is 2.74 bits per heavy atom. The zero-order valence-corrected chi connectivity index (χ0v) is 12.6. The van der Waals surface area contributed by atoms with Crippen LogP contribution in [0, 0.1) is 0 Å². The van der Waals surface area contributed by atoms with Crippen LogP contribution in [0.5, 0.6) is 0 Å². The Labute approximate surface area is 121 Å². The van der Waals surface area contributed by atoms with Gasteiger partial charge in [-0.3, -0.25) is 0 Å². The van der Waals surface area contributed by atoms with Gasteiger partial charge >= 0.3 is 0 Å². The topological polar surface area (TPSA) is 21.3 Å². The smallest absolute Gasteiger partial charge is 0.0561 e. The highest BCUT2D eigenvalue weighted by molar-refractivity contribution is 6.30. The molecule has 1 aromatic rings. The number of nitrogens with one attached hydrogen (secondary N) is 1. The van der Waals surface area contributed by atoms with Crippen LogP contribution in [0.1, 0.15) is 51.1 Å². The molecule has 3 unspecified atom stereocenters. The number of rotatable bonds is 5. The van der Waals surface area contributed by atoms with Gasteiger partial charge in [0.1, 0.15) is 0 Å². The Bertz CT molecular complexity index is 379. The maximum atomic E-state index is 5.97. The Morgan fingerprint density at radius 2 is 2.11 bits per heavy atom. The van der Waals surface area contributed by atoms with E-state index in [-0.39, 0.29) is 0 Å². The zero-order chi connectivity index (χ0) is 13.7. The Kier molecular flexibility index (Phi) is 5.68. The summed E-state index contributed by atoms with van der Waals surface area (Å²) in [5.74, 6) is 0. The van der Waals surface area contributed by atoms with Gasteiger partial charge in [-0.1, -0.05) is 37.1 Å². The molecule has 1 aliphatic rings. The van der Waals surface area contributed by atoms with Crippen molar-refractivity contribution in [2.24, 2.45) is 0 Å². The maximum absolute atomic E-state index is 5.97. The first-order valence-electron chi connectivity index (χ1n) is 7.32. The van der Waals surface area contributed by atoms with Gasteiger partial charge in [0, 0.05) is 23.7 Å². The van der Waals surface area contributed by atoms with E-state index >= 15 is 0 Å². The minimum atomic E-state index is 0.374. The molecule has 3 atom stereocenters. The van der Waals surface area contributed by atoms with Crippen molar-refractivity contribution in [2.45, 2.75) is 57.7 Å². The molecule has 0 radical (unpaired) electrons. The molecular weight excluding hydrogens is 258 g/mol. The molecule has 0 saturated carbocycles. The summed E-state index contributed by atoms with van der Waals surface area (Å²) in [6.07, 6.45) is 4.93. The molecule has 1 aliphatic heterocycles. The molecule has 19 heavy (non-hydrogen) atoms. The highest BCUT2D eigenvalue weighted by Crippen LogP contribution is 2.24. The minimum Gasteiger partial charge on any atom is -0.378 e. The van der Waals surface area contributed by atoms with Crippen molar-refractivity contribution in [3.8, 4) is 0 Å². The van der Waals surface area contributed by atoms with Gasteiger partial charge < -0.3 is 10.1 Å². The van der Waals surface area contributed by atoms with Crippen molar-refractivity contribution >= 4 is 11.6 Å². The van der Waals surface area contributed by atoms with Crippen LogP contribution in [-0.2, 0) is 4.74 Å². The number of halogens is 1. The number of ether oxygens (including phenoxy) is 1. The van der Waals surface area contributed by atoms with Crippen molar-refractivity contribution < 1.29 is 4.74 Å². The first kappa shape index (κ1) is 14.8. The largest absolute Gasteiger partial charge is 0.378 e. The van der Waals surface area contributed by atoms with Crippen molar-refractivity contribution in [1.29, 1.82) is 0 Å². The lowest BCUT2D eigenvalue weighted by atomic mass is 9.98. The molecule has 1 aromatic carbocycles. The van der Waals surface area contributed by atoms with Crippen molar-refractivity contribution in [1.82, 2.24) is 5.32 Å². The molecular formula is C16H24ClNO. The third-order valence-corrected chi connectivity index (χ3v) is 4.02. The van der Waals surface area contributed by atoms with Gasteiger partial charge in [0.15, 0.2) is 0 Å². The molecule has 1 heterocycles. The summed E-state index contributed by atoms with van der Waals surface area (Å²) in [6, 6.07) is 9.23. The monoisotopic (exact) mass is 281 g/mol. The van der Waals surface area contributed by atoms with Crippen LogP contribution in [-0.4, -0.2) is 18.8 Å². The Hall–Kier alpha value is -0.570. The van der Waals surface area contributed by atoms with Crippen molar-refractivity contribution in [3.05, 3.63) is 34.9 Å². The molecule has 2 rings (SSSR count). The summed E-state index contributed by atoms with van der Waals surface area (Å²) in [6.45, 7) is 5.26. The zero-order valence-electron chi connectivity index (χ0n) is 11.9.